The predicted molar refractivity (Wildman–Crippen MR) is 90.8 cm³/mol. The van der Waals surface area contributed by atoms with Gasteiger partial charge < -0.3 is 11.1 Å². The maximum atomic E-state index is 12.5. The quantitative estimate of drug-likeness (QED) is 0.846. The zero-order valence-corrected chi connectivity index (χ0v) is 14.0. The fourth-order valence-electron chi connectivity index (χ4n) is 3.94. The van der Waals surface area contributed by atoms with Crippen molar-refractivity contribution in [1.82, 2.24) is 10.2 Å². The molecular weight excluding hydrogens is 294 g/mol. The Hall–Kier alpha value is -0.910. The molecule has 4 nitrogen and oxygen atoms in total. The molecule has 3 N–H and O–H groups in total. The monoisotopic (exact) mass is 321 g/mol. The lowest BCUT2D eigenvalue weighted by Gasteiger charge is -2.28. The van der Waals surface area contributed by atoms with Crippen LogP contribution in [0.25, 0.3) is 0 Å². The fraction of sp³-hybridized carbons (Fsp3) is 0.706. The van der Waals surface area contributed by atoms with Crippen molar-refractivity contribution < 1.29 is 4.79 Å². The first-order chi connectivity index (χ1) is 10.8. The topological polar surface area (TPSA) is 58.4 Å². The molecule has 1 saturated heterocycles. The second-order valence-electron chi connectivity index (χ2n) is 6.55. The third-order valence-electron chi connectivity index (χ3n) is 5.22. The molecule has 1 amide bonds. The van der Waals surface area contributed by atoms with Gasteiger partial charge >= 0.3 is 0 Å². The number of nitrogens with one attached hydrogen (secondary N) is 1. The molecule has 2 fully saturated rings. The molecule has 0 spiro atoms. The summed E-state index contributed by atoms with van der Waals surface area (Å²) in [5.74, 6) is 0.730. The Bertz CT molecular complexity index is 470. The normalized spacial score (nSPS) is 27.1. The van der Waals surface area contributed by atoms with Gasteiger partial charge in [-0.15, -0.1) is 11.3 Å². The second-order valence-corrected chi connectivity index (χ2v) is 7.53. The van der Waals surface area contributed by atoms with Crippen LogP contribution in [0.4, 0.5) is 0 Å². The summed E-state index contributed by atoms with van der Waals surface area (Å²) in [4.78, 5) is 16.4. The van der Waals surface area contributed by atoms with Gasteiger partial charge in [0.15, 0.2) is 0 Å². The van der Waals surface area contributed by atoms with Crippen LogP contribution < -0.4 is 11.1 Å². The lowest BCUT2D eigenvalue weighted by molar-refractivity contribution is -0.126. The lowest BCUT2D eigenvalue weighted by Crippen LogP contribution is -2.40. The van der Waals surface area contributed by atoms with E-state index in [0.717, 1.165) is 38.9 Å². The molecule has 2 heterocycles. The second kappa shape index (κ2) is 7.57. The first-order valence-corrected chi connectivity index (χ1v) is 9.43. The number of nitrogens with two attached hydrogens (primary N) is 1. The Kier molecular flexibility index (Phi) is 5.50. The molecule has 1 aliphatic carbocycles. The number of hydrogen-bond donors (Lipinski definition) is 2. The van der Waals surface area contributed by atoms with Crippen molar-refractivity contribution >= 4 is 17.2 Å². The Labute approximate surface area is 137 Å². The third-order valence-corrected chi connectivity index (χ3v) is 6.19. The molecule has 1 aromatic rings. The van der Waals surface area contributed by atoms with Gasteiger partial charge in [0.2, 0.25) is 5.91 Å². The van der Waals surface area contributed by atoms with Crippen LogP contribution in [0.5, 0.6) is 0 Å². The van der Waals surface area contributed by atoms with Crippen LogP contribution >= 0.6 is 11.3 Å². The molecule has 5 heteroatoms. The third kappa shape index (κ3) is 3.53. The van der Waals surface area contributed by atoms with Crippen LogP contribution in [0, 0.1) is 11.8 Å². The number of carbonyl (C=O) groups is 1. The van der Waals surface area contributed by atoms with Crippen molar-refractivity contribution in [2.24, 2.45) is 17.6 Å². The molecule has 122 valence electrons. The first-order valence-electron chi connectivity index (χ1n) is 8.55. The van der Waals surface area contributed by atoms with E-state index in [-0.39, 0.29) is 11.8 Å². The van der Waals surface area contributed by atoms with E-state index in [4.69, 9.17) is 5.73 Å². The minimum absolute atomic E-state index is 0.132. The van der Waals surface area contributed by atoms with E-state index in [0.29, 0.717) is 18.5 Å². The van der Waals surface area contributed by atoms with Gasteiger partial charge in [-0.3, -0.25) is 9.69 Å². The molecular formula is C17H27N3OS. The SMILES string of the molecule is NC[C@H]1CCC[C@H]1C(=O)NCC(c1cccs1)N1CCCC1. The maximum Gasteiger partial charge on any atom is 0.223 e. The molecule has 3 atom stereocenters. The molecule has 1 aliphatic heterocycles. The molecule has 0 aromatic carbocycles. The summed E-state index contributed by atoms with van der Waals surface area (Å²) in [5.41, 5.74) is 5.81. The fourth-order valence-corrected chi connectivity index (χ4v) is 4.80. The molecule has 1 unspecified atom stereocenters. The zero-order valence-electron chi connectivity index (χ0n) is 13.2. The number of carbonyl (C=O) groups excluding carboxylic acids is 1. The van der Waals surface area contributed by atoms with Crippen LogP contribution in [0.3, 0.4) is 0 Å². The molecule has 2 aliphatic rings. The number of likely N-dealkylation sites (tertiary alicyclic amines) is 1. The number of nitrogens with zero attached hydrogens (tertiary/aromatic N) is 1. The summed E-state index contributed by atoms with van der Waals surface area (Å²) in [5, 5.41) is 5.35. The van der Waals surface area contributed by atoms with Gasteiger partial charge in [0.25, 0.3) is 0 Å². The van der Waals surface area contributed by atoms with E-state index in [1.54, 1.807) is 11.3 Å². The van der Waals surface area contributed by atoms with Gasteiger partial charge in [-0.25, -0.2) is 0 Å². The number of rotatable bonds is 6. The molecule has 0 radical (unpaired) electrons. The van der Waals surface area contributed by atoms with Gasteiger partial charge in [-0.05, 0) is 62.7 Å². The summed E-state index contributed by atoms with van der Waals surface area (Å²) >= 11 is 1.79. The highest BCUT2D eigenvalue weighted by Gasteiger charge is 2.33. The summed E-state index contributed by atoms with van der Waals surface area (Å²) in [6, 6.07) is 4.63. The molecule has 0 bridgehead atoms. The van der Waals surface area contributed by atoms with Crippen LogP contribution in [0.1, 0.15) is 43.0 Å². The van der Waals surface area contributed by atoms with Crippen molar-refractivity contribution in [1.29, 1.82) is 0 Å². The van der Waals surface area contributed by atoms with E-state index in [9.17, 15) is 4.79 Å². The van der Waals surface area contributed by atoms with E-state index in [1.807, 2.05) is 0 Å². The average molecular weight is 321 g/mol. The summed E-state index contributed by atoms with van der Waals surface area (Å²) in [6.07, 6.45) is 5.79. The minimum atomic E-state index is 0.132. The van der Waals surface area contributed by atoms with Crippen molar-refractivity contribution in [3.05, 3.63) is 22.4 Å². The van der Waals surface area contributed by atoms with Gasteiger partial charge in [-0.1, -0.05) is 12.5 Å². The van der Waals surface area contributed by atoms with E-state index in [2.05, 4.69) is 27.7 Å². The van der Waals surface area contributed by atoms with Gasteiger partial charge in [0.1, 0.15) is 0 Å². The Balaban J connectivity index is 1.60. The standard InChI is InChI=1S/C17H27N3OS/c18-11-13-5-3-6-14(13)17(21)19-12-15(16-7-4-10-22-16)20-8-1-2-9-20/h4,7,10,13-15H,1-3,5-6,8-9,11-12,18H2,(H,19,21)/t13-,14-,15?/m1/s1. The van der Waals surface area contributed by atoms with Crippen molar-refractivity contribution in [3.8, 4) is 0 Å². The van der Waals surface area contributed by atoms with E-state index < -0.39 is 0 Å². The number of thiophene rings is 1. The highest BCUT2D eigenvalue weighted by Crippen LogP contribution is 2.32. The molecule has 22 heavy (non-hydrogen) atoms. The first kappa shape index (κ1) is 16.0. The number of hydrogen-bond acceptors (Lipinski definition) is 4. The predicted octanol–water partition coefficient (Wildman–Crippen LogP) is 2.38. The average Bonchev–Trinajstić information content (AvgIpc) is 3.28. The van der Waals surface area contributed by atoms with Crippen LogP contribution in [-0.2, 0) is 4.79 Å². The minimum Gasteiger partial charge on any atom is -0.354 e. The summed E-state index contributed by atoms with van der Waals surface area (Å²) in [6.45, 7) is 3.66. The lowest BCUT2D eigenvalue weighted by atomic mass is 9.95. The zero-order chi connectivity index (χ0) is 15.4. The smallest absolute Gasteiger partial charge is 0.223 e. The Morgan fingerprint density at radius 2 is 2.18 bits per heavy atom. The molecule has 3 rings (SSSR count). The highest BCUT2D eigenvalue weighted by atomic mass is 32.1. The van der Waals surface area contributed by atoms with E-state index >= 15 is 0 Å². The largest absolute Gasteiger partial charge is 0.354 e. The summed E-state index contributed by atoms with van der Waals surface area (Å²) in [7, 11) is 0. The van der Waals surface area contributed by atoms with Crippen LogP contribution in [-0.4, -0.2) is 37.0 Å². The Morgan fingerprint density at radius 1 is 1.36 bits per heavy atom. The Morgan fingerprint density at radius 3 is 2.86 bits per heavy atom. The number of amides is 1. The van der Waals surface area contributed by atoms with E-state index in [1.165, 1.54) is 17.7 Å². The van der Waals surface area contributed by atoms with Crippen LogP contribution in [0.15, 0.2) is 17.5 Å². The van der Waals surface area contributed by atoms with Crippen molar-refractivity contribution in [2.75, 3.05) is 26.2 Å². The maximum absolute atomic E-state index is 12.5. The van der Waals surface area contributed by atoms with Gasteiger partial charge in [-0.2, -0.15) is 0 Å². The molecule has 1 aromatic heterocycles. The molecule has 1 saturated carbocycles. The van der Waals surface area contributed by atoms with Crippen molar-refractivity contribution in [3.63, 3.8) is 0 Å². The van der Waals surface area contributed by atoms with Crippen LogP contribution in [0.2, 0.25) is 0 Å². The van der Waals surface area contributed by atoms with Gasteiger partial charge in [0.05, 0.1) is 6.04 Å². The van der Waals surface area contributed by atoms with Gasteiger partial charge in [0, 0.05) is 17.3 Å². The summed E-state index contributed by atoms with van der Waals surface area (Å²) < 4.78 is 0. The van der Waals surface area contributed by atoms with Crippen molar-refractivity contribution in [2.45, 2.75) is 38.1 Å². The highest BCUT2D eigenvalue weighted by molar-refractivity contribution is 7.10.